The highest BCUT2D eigenvalue weighted by atomic mass is 79.9. The first-order valence-electron chi connectivity index (χ1n) is 7.86. The summed E-state index contributed by atoms with van der Waals surface area (Å²) < 4.78 is 1.01. The van der Waals surface area contributed by atoms with Gasteiger partial charge in [-0.25, -0.2) is 5.01 Å². The smallest absolute Gasteiger partial charge is 0.240 e. The first-order valence-corrected chi connectivity index (χ1v) is 8.65. The van der Waals surface area contributed by atoms with Crippen LogP contribution in [0.3, 0.4) is 0 Å². The molecule has 0 saturated carbocycles. The monoisotopic (exact) mass is 385 g/mol. The zero-order chi connectivity index (χ0) is 17.3. The van der Waals surface area contributed by atoms with Crippen LogP contribution >= 0.6 is 15.9 Å². The van der Waals surface area contributed by atoms with Crippen molar-refractivity contribution in [1.82, 2.24) is 5.01 Å². The number of nitrogens with zero attached hydrogens (tertiary/aromatic N) is 3. The van der Waals surface area contributed by atoms with E-state index in [2.05, 4.69) is 50.2 Å². The van der Waals surface area contributed by atoms with Crippen LogP contribution in [0.5, 0.6) is 0 Å². The fraction of sp³-hybridized carbons (Fsp3) is 0.263. The number of anilines is 1. The van der Waals surface area contributed by atoms with E-state index < -0.39 is 0 Å². The number of halogens is 1. The molecule has 0 bridgehead atoms. The molecule has 124 valence electrons. The Bertz CT molecular complexity index is 783. The van der Waals surface area contributed by atoms with Gasteiger partial charge in [-0.15, -0.1) is 0 Å². The fourth-order valence-electron chi connectivity index (χ4n) is 2.90. The molecule has 0 saturated heterocycles. The van der Waals surface area contributed by atoms with Crippen molar-refractivity contribution in [2.45, 2.75) is 19.4 Å². The van der Waals surface area contributed by atoms with E-state index >= 15 is 0 Å². The third-order valence-corrected chi connectivity index (χ3v) is 4.68. The zero-order valence-corrected chi connectivity index (χ0v) is 15.6. The van der Waals surface area contributed by atoms with E-state index in [1.54, 1.807) is 11.9 Å². The van der Waals surface area contributed by atoms with Gasteiger partial charge in [-0.2, -0.15) is 5.10 Å². The Balaban J connectivity index is 1.90. The second-order valence-electron chi connectivity index (χ2n) is 6.13. The lowest BCUT2D eigenvalue weighted by atomic mass is 9.98. The molecule has 2 aromatic rings. The molecule has 4 nitrogen and oxygen atoms in total. The van der Waals surface area contributed by atoms with E-state index in [9.17, 15) is 4.79 Å². The van der Waals surface area contributed by atoms with Crippen LogP contribution in [0.15, 0.2) is 58.1 Å². The van der Waals surface area contributed by atoms with E-state index in [-0.39, 0.29) is 11.9 Å². The molecule has 24 heavy (non-hydrogen) atoms. The second kappa shape index (κ2) is 6.77. The van der Waals surface area contributed by atoms with Crippen molar-refractivity contribution in [3.8, 4) is 0 Å². The topological polar surface area (TPSA) is 35.9 Å². The highest BCUT2D eigenvalue weighted by molar-refractivity contribution is 9.10. The summed E-state index contributed by atoms with van der Waals surface area (Å²) in [5.41, 5.74) is 4.23. The van der Waals surface area contributed by atoms with Crippen LogP contribution in [0, 0.1) is 0 Å². The SMILES string of the molecule is CC(=O)N1N=C(c2ccc(N(C)C)cc2)CC1c1cccc(Br)c1. The third-order valence-electron chi connectivity index (χ3n) is 4.18. The highest BCUT2D eigenvalue weighted by Gasteiger charge is 2.31. The maximum atomic E-state index is 12.0. The minimum absolute atomic E-state index is 0.0418. The van der Waals surface area contributed by atoms with Crippen LogP contribution in [0.2, 0.25) is 0 Å². The van der Waals surface area contributed by atoms with Crippen LogP contribution in [0.25, 0.3) is 0 Å². The normalized spacial score (nSPS) is 16.9. The minimum atomic E-state index is -0.0523. The van der Waals surface area contributed by atoms with Crippen LogP contribution in [0.1, 0.15) is 30.5 Å². The summed E-state index contributed by atoms with van der Waals surface area (Å²) in [6.07, 6.45) is 0.720. The molecule has 5 heteroatoms. The average molecular weight is 386 g/mol. The Kier molecular flexibility index (Phi) is 4.71. The highest BCUT2D eigenvalue weighted by Crippen LogP contribution is 2.34. The lowest BCUT2D eigenvalue weighted by Gasteiger charge is -2.20. The number of hydrogen-bond donors (Lipinski definition) is 0. The van der Waals surface area contributed by atoms with Crippen molar-refractivity contribution in [2.24, 2.45) is 5.10 Å². The molecule has 1 unspecified atom stereocenters. The molecule has 1 heterocycles. The molecule has 0 aromatic heterocycles. The molecule has 0 aliphatic carbocycles. The Morgan fingerprint density at radius 3 is 2.50 bits per heavy atom. The van der Waals surface area contributed by atoms with Gasteiger partial charge in [0.15, 0.2) is 0 Å². The quantitative estimate of drug-likeness (QED) is 0.792. The van der Waals surface area contributed by atoms with Crippen molar-refractivity contribution < 1.29 is 4.79 Å². The number of carbonyl (C=O) groups excluding carboxylic acids is 1. The molecular weight excluding hydrogens is 366 g/mol. The average Bonchev–Trinajstić information content (AvgIpc) is 3.00. The van der Waals surface area contributed by atoms with Gasteiger partial charge in [-0.3, -0.25) is 4.79 Å². The van der Waals surface area contributed by atoms with E-state index in [4.69, 9.17) is 0 Å². The molecule has 3 rings (SSSR count). The Morgan fingerprint density at radius 1 is 1.21 bits per heavy atom. The molecule has 1 amide bonds. The van der Waals surface area contributed by atoms with Gasteiger partial charge in [0.2, 0.25) is 5.91 Å². The molecule has 1 aliphatic rings. The lowest BCUT2D eigenvalue weighted by Crippen LogP contribution is -2.24. The maximum Gasteiger partial charge on any atom is 0.240 e. The Labute approximate surface area is 150 Å². The first-order chi connectivity index (χ1) is 11.5. The summed E-state index contributed by atoms with van der Waals surface area (Å²) in [7, 11) is 4.03. The second-order valence-corrected chi connectivity index (χ2v) is 7.04. The summed E-state index contributed by atoms with van der Waals surface area (Å²) in [5, 5.41) is 6.19. The van der Waals surface area contributed by atoms with Crippen molar-refractivity contribution in [3.63, 3.8) is 0 Å². The van der Waals surface area contributed by atoms with Gasteiger partial charge in [-0.1, -0.05) is 40.2 Å². The molecule has 2 aromatic carbocycles. The van der Waals surface area contributed by atoms with Crippen molar-refractivity contribution in [1.29, 1.82) is 0 Å². The van der Waals surface area contributed by atoms with Gasteiger partial charge < -0.3 is 4.90 Å². The van der Waals surface area contributed by atoms with Gasteiger partial charge in [0.1, 0.15) is 0 Å². The molecule has 1 aliphatic heterocycles. The van der Waals surface area contributed by atoms with Crippen LogP contribution < -0.4 is 4.90 Å². The Hall–Kier alpha value is -2.14. The van der Waals surface area contributed by atoms with Crippen LogP contribution in [0.4, 0.5) is 5.69 Å². The Morgan fingerprint density at radius 2 is 1.92 bits per heavy atom. The number of hydrazone groups is 1. The largest absolute Gasteiger partial charge is 0.378 e. The third kappa shape index (κ3) is 3.36. The standard InChI is InChI=1S/C19H20BrN3O/c1-13(24)23-19(15-5-4-6-16(20)11-15)12-18(21-23)14-7-9-17(10-8-14)22(2)3/h4-11,19H,12H2,1-3H3. The zero-order valence-electron chi connectivity index (χ0n) is 14.0. The van der Waals surface area contributed by atoms with E-state index in [1.165, 1.54) is 0 Å². The van der Waals surface area contributed by atoms with Gasteiger partial charge >= 0.3 is 0 Å². The first kappa shape index (κ1) is 16.7. The molecule has 0 N–H and O–H groups in total. The predicted molar refractivity (Wildman–Crippen MR) is 101 cm³/mol. The predicted octanol–water partition coefficient (Wildman–Crippen LogP) is 4.21. The van der Waals surface area contributed by atoms with E-state index in [1.807, 2.05) is 38.4 Å². The molecule has 1 atom stereocenters. The number of amides is 1. The van der Waals surface area contributed by atoms with Gasteiger partial charge in [0.05, 0.1) is 11.8 Å². The van der Waals surface area contributed by atoms with Crippen molar-refractivity contribution in [2.75, 3.05) is 19.0 Å². The summed E-state index contributed by atoms with van der Waals surface area (Å²) in [4.78, 5) is 14.1. The number of carbonyl (C=O) groups is 1. The van der Waals surface area contributed by atoms with Crippen LogP contribution in [-0.4, -0.2) is 30.7 Å². The van der Waals surface area contributed by atoms with Gasteiger partial charge in [0, 0.05) is 37.6 Å². The summed E-state index contributed by atoms with van der Waals surface area (Å²) in [6.45, 7) is 1.56. The number of rotatable bonds is 3. The van der Waals surface area contributed by atoms with Crippen molar-refractivity contribution in [3.05, 3.63) is 64.1 Å². The lowest BCUT2D eigenvalue weighted by molar-refractivity contribution is -0.130. The fourth-order valence-corrected chi connectivity index (χ4v) is 3.32. The maximum absolute atomic E-state index is 12.0. The van der Waals surface area contributed by atoms with E-state index in [0.29, 0.717) is 0 Å². The number of benzene rings is 2. The molecule has 0 fully saturated rings. The van der Waals surface area contributed by atoms with Gasteiger partial charge in [0.25, 0.3) is 0 Å². The van der Waals surface area contributed by atoms with Gasteiger partial charge in [-0.05, 0) is 35.4 Å². The summed E-state index contributed by atoms with van der Waals surface area (Å²) in [6, 6.07) is 16.3. The molecule has 0 spiro atoms. The van der Waals surface area contributed by atoms with Crippen LogP contribution in [-0.2, 0) is 4.79 Å². The summed E-state index contributed by atoms with van der Waals surface area (Å²) in [5.74, 6) is -0.0418. The van der Waals surface area contributed by atoms with Crippen molar-refractivity contribution >= 4 is 33.2 Å². The van der Waals surface area contributed by atoms with E-state index in [0.717, 1.165) is 33.4 Å². The summed E-state index contributed by atoms with van der Waals surface area (Å²) >= 11 is 3.50. The molecular formula is C19H20BrN3O. The minimum Gasteiger partial charge on any atom is -0.378 e. The number of hydrogen-bond acceptors (Lipinski definition) is 3. The molecule has 0 radical (unpaired) electrons.